The fourth-order valence-electron chi connectivity index (χ4n) is 19.0. The van der Waals surface area contributed by atoms with Gasteiger partial charge in [0.05, 0.1) is 58.0 Å². The Morgan fingerprint density at radius 2 is 1.18 bits per heavy atom. The molecule has 6 aliphatic rings. The summed E-state index contributed by atoms with van der Waals surface area (Å²) in [5.74, 6) is -14.8. The number of hydrogen-bond donors (Lipinski definition) is 18. The second kappa shape index (κ2) is 56.1. The summed E-state index contributed by atoms with van der Waals surface area (Å²) >= 11 is 0. The van der Waals surface area contributed by atoms with Crippen molar-refractivity contribution >= 4 is 128 Å². The number of nitrogens with two attached hydrogens (primary N) is 2. The molecule has 6 rings (SSSR count). The maximum absolute atomic E-state index is 16.3. The second-order valence-corrected chi connectivity index (χ2v) is 43.5. The number of aliphatic hydroxyl groups is 1. The number of rotatable bonds is 44. The molecule has 0 aromatic carbocycles. The summed E-state index contributed by atoms with van der Waals surface area (Å²) in [5, 5.41) is 52.1. The lowest BCUT2D eigenvalue weighted by Gasteiger charge is -2.41. The molecule has 0 aromatic heterocycles. The molecule has 0 radical (unpaired) electrons. The van der Waals surface area contributed by atoms with Crippen LogP contribution >= 0.6 is 21.6 Å². The largest absolute Gasteiger partial charge is 0.391 e. The van der Waals surface area contributed by atoms with E-state index in [0.29, 0.717) is 96.1 Å². The zero-order valence-electron chi connectivity index (χ0n) is 82.1. The number of piperidine rings is 1. The number of amides is 18. The first kappa shape index (κ1) is 115. The maximum atomic E-state index is 16.3. The minimum absolute atomic E-state index is 0.0277. The van der Waals surface area contributed by atoms with E-state index in [1.165, 1.54) is 34.7 Å². The van der Waals surface area contributed by atoms with E-state index in [0.717, 1.165) is 84.4 Å². The standard InChI is InChI=1S/C92H158N20O21S2/c1-53(2)41-66(81(123)102-69(46-71(93)116)83(125)104-70(88(130)111(14)51-72(94)117)45-60-23-22-36-110(13)50-60)105-89(131)92(12,47-54(3)4)109-84(126)68(44-59-28-31-61-24-16-17-25-62(61)42-59)101-82(124)67(43-58-29-32-63(132-15)33-30-58)103-87(129)78-91(10,11)135-134-90(8,9)77(107-79(121)64(99-57(7)115)26-19-21-35-96-75(120)52-112-37-39-133-40-38-112)86(128)98-49-74(119)106-76(55(5)113)85(127)97-48-73(118)100-65(80(122)108-78)27-18-20-34-95-56(6)114/h53-55,58-70,76-78,113H,16-52H2,1-15H3,(H2,93,116)(H2,94,117)(H,95,114)(H,96,120)(H,97,127)(H,98,128)(H,99,115)(H,100,118)(H,101,124)(H,102,123)(H,103,129)(H,104,125)(H,105,131)(H,106,119)(H,107,121)(H,108,122)(H,109,126)/t55-,58?,59?,60?,61?,62?,63?,64+,65+,66+,67+,68+,69+,70+,76+,77-,78-,92+/m1/s1. The molecule has 4 unspecified atom stereocenters. The lowest BCUT2D eigenvalue weighted by molar-refractivity contribution is -0.140. The number of carbonyl (C=O) groups excluding carboxylic acids is 18. The monoisotopic (exact) mass is 1940 g/mol. The number of morpholine rings is 1. The van der Waals surface area contributed by atoms with Crippen LogP contribution in [0.4, 0.5) is 0 Å². The highest BCUT2D eigenvalue weighted by atomic mass is 33.1. The van der Waals surface area contributed by atoms with Gasteiger partial charge in [0.1, 0.15) is 66.0 Å². The summed E-state index contributed by atoms with van der Waals surface area (Å²) in [4.78, 5) is 263. The van der Waals surface area contributed by atoms with Crippen molar-refractivity contribution in [1.29, 1.82) is 0 Å². The Labute approximate surface area is 803 Å². The molecule has 3 aliphatic heterocycles. The van der Waals surface area contributed by atoms with Crippen LogP contribution in [0, 0.1) is 41.4 Å². The maximum Gasteiger partial charge on any atom is 0.246 e. The number of methoxy groups -OCH3 is 1. The van der Waals surface area contributed by atoms with E-state index in [1.807, 2.05) is 25.8 Å². The molecule has 3 saturated heterocycles. The zero-order valence-corrected chi connectivity index (χ0v) is 83.7. The summed E-state index contributed by atoms with van der Waals surface area (Å²) in [6.07, 6.45) is 8.85. The van der Waals surface area contributed by atoms with E-state index in [2.05, 4.69) is 84.7 Å². The molecule has 764 valence electrons. The lowest BCUT2D eigenvalue weighted by atomic mass is 9.66. The molecule has 16 atom stereocenters. The number of likely N-dealkylation sites (tertiary alicyclic amines) is 1. The first-order chi connectivity index (χ1) is 63.5. The number of carbonyl (C=O) groups is 18. The summed E-state index contributed by atoms with van der Waals surface area (Å²) in [5.41, 5.74) is 9.36. The first-order valence-corrected chi connectivity index (χ1v) is 50.5. The molecule has 3 aliphatic carbocycles. The van der Waals surface area contributed by atoms with Crippen LogP contribution in [-0.4, -0.2) is 314 Å². The van der Waals surface area contributed by atoms with Crippen LogP contribution in [0.25, 0.3) is 0 Å². The minimum Gasteiger partial charge on any atom is -0.391 e. The zero-order chi connectivity index (χ0) is 100. The van der Waals surface area contributed by atoms with E-state index < -0.39 is 202 Å². The fourth-order valence-corrected chi connectivity index (χ4v) is 21.8. The van der Waals surface area contributed by atoms with Gasteiger partial charge in [-0.1, -0.05) is 81.4 Å². The number of likely N-dealkylation sites (N-methyl/N-ethyl adjacent to an activating group) is 1. The highest BCUT2D eigenvalue weighted by molar-refractivity contribution is 8.77. The molecule has 18 amide bonds. The van der Waals surface area contributed by atoms with Gasteiger partial charge < -0.3 is 116 Å². The van der Waals surface area contributed by atoms with Crippen LogP contribution in [0.5, 0.6) is 0 Å². The second-order valence-electron chi connectivity index (χ2n) is 40.1. The third-order valence-electron chi connectivity index (χ3n) is 26.2. The van der Waals surface area contributed by atoms with E-state index in [4.69, 9.17) is 20.9 Å². The summed E-state index contributed by atoms with van der Waals surface area (Å²) in [6.45, 7) is 20.8. The quantitative estimate of drug-likeness (QED) is 0.0269. The van der Waals surface area contributed by atoms with Crippen molar-refractivity contribution in [2.75, 3.05) is 99.9 Å². The Kier molecular flexibility index (Phi) is 47.7. The summed E-state index contributed by atoms with van der Waals surface area (Å²) in [6, 6.07) is -15.1. The predicted octanol–water partition coefficient (Wildman–Crippen LogP) is -0.545. The molecular weight excluding hydrogens is 1790 g/mol. The van der Waals surface area contributed by atoms with Crippen molar-refractivity contribution in [1.82, 2.24) is 94.5 Å². The number of ether oxygens (including phenoxy) is 2. The van der Waals surface area contributed by atoms with Crippen molar-refractivity contribution in [2.45, 2.75) is 331 Å². The van der Waals surface area contributed by atoms with Gasteiger partial charge in [-0.25, -0.2) is 0 Å². The molecule has 20 N–H and O–H groups in total. The molecule has 0 bridgehead atoms. The Morgan fingerprint density at radius 3 is 1.80 bits per heavy atom. The highest BCUT2D eigenvalue weighted by Crippen LogP contribution is 2.48. The van der Waals surface area contributed by atoms with Crippen molar-refractivity contribution in [3.8, 4) is 0 Å². The van der Waals surface area contributed by atoms with Crippen LogP contribution in [0.1, 0.15) is 244 Å². The molecule has 3 heterocycles. The van der Waals surface area contributed by atoms with Gasteiger partial charge >= 0.3 is 0 Å². The molecule has 43 heteroatoms. The topological polar surface area (TPSA) is 588 Å². The Balaban J connectivity index is 1.41. The highest BCUT2D eigenvalue weighted by Gasteiger charge is 2.48. The number of nitrogens with zero attached hydrogens (tertiary/aromatic N) is 3. The van der Waals surface area contributed by atoms with Gasteiger partial charge in [-0.05, 0) is 219 Å². The van der Waals surface area contributed by atoms with Crippen LogP contribution in [0.3, 0.4) is 0 Å². The van der Waals surface area contributed by atoms with Crippen LogP contribution in [-0.2, 0) is 95.8 Å². The van der Waals surface area contributed by atoms with Gasteiger partial charge in [0.25, 0.3) is 0 Å². The number of fused-ring (bicyclic) bond motifs is 1. The summed E-state index contributed by atoms with van der Waals surface area (Å²) in [7, 11) is 6.84. The van der Waals surface area contributed by atoms with E-state index in [-0.39, 0.29) is 119 Å². The average Bonchev–Trinajstić information content (AvgIpc) is 0.796. The van der Waals surface area contributed by atoms with Crippen molar-refractivity contribution in [3.05, 3.63) is 0 Å². The van der Waals surface area contributed by atoms with Gasteiger partial charge in [0, 0.05) is 70.2 Å². The molecule has 0 spiro atoms. The Morgan fingerprint density at radius 1 is 0.593 bits per heavy atom. The van der Waals surface area contributed by atoms with Gasteiger partial charge in [-0.3, -0.25) is 91.2 Å². The van der Waals surface area contributed by atoms with Crippen molar-refractivity contribution in [2.24, 2.45) is 52.9 Å². The number of primary amides is 2. The Hall–Kier alpha value is -9.04. The number of hydrogen-bond acceptors (Lipinski definition) is 25. The Bertz CT molecular complexity index is 4020. The van der Waals surface area contributed by atoms with E-state index in [9.17, 15) is 67.4 Å². The third kappa shape index (κ3) is 39.8. The molecular formula is C92H158N20O21S2. The van der Waals surface area contributed by atoms with Crippen LogP contribution < -0.4 is 91.2 Å². The smallest absolute Gasteiger partial charge is 0.246 e. The van der Waals surface area contributed by atoms with Gasteiger partial charge in [0.2, 0.25) is 106 Å². The number of nitrogens with one attached hydrogen (secondary N) is 15. The number of unbranched alkanes of at least 4 members (excludes halogenated alkanes) is 2. The van der Waals surface area contributed by atoms with Crippen LogP contribution in [0.2, 0.25) is 0 Å². The normalized spacial score (nSPS) is 24.9. The minimum atomic E-state index is -1.87. The van der Waals surface area contributed by atoms with Gasteiger partial charge in [-0.2, -0.15) is 0 Å². The summed E-state index contributed by atoms with van der Waals surface area (Å²) < 4.78 is 8.07. The third-order valence-corrected chi connectivity index (χ3v) is 30.4. The predicted molar refractivity (Wildman–Crippen MR) is 508 cm³/mol. The van der Waals surface area contributed by atoms with Crippen LogP contribution in [0.15, 0.2) is 0 Å². The van der Waals surface area contributed by atoms with Crippen molar-refractivity contribution < 1.29 is 101 Å². The number of aliphatic hydroxyl groups excluding tert-OH is 1. The van der Waals surface area contributed by atoms with Gasteiger partial charge in [-0.15, -0.1) is 0 Å². The van der Waals surface area contributed by atoms with Crippen molar-refractivity contribution in [3.63, 3.8) is 0 Å². The molecule has 0 aromatic rings. The molecule has 6 fully saturated rings. The fraction of sp³-hybridized carbons (Fsp3) is 0.804. The SMILES string of the molecule is COC1CCC(C[C@H](NC(=O)[C@H]2NC(=O)[C@H](CCCCNC(C)=O)NC(=O)CNC(=O)[C@H]([C@@H](C)O)NC(=O)CNC(=O)[C@@H](NC(=O)[C@H](CCCCNC(=O)CN3CCOCC3)NC(C)=O)C(C)(C)SSC2(C)C)C(=O)N[C@@H](CC2CCC3CCCCC3C2)C(=O)N[C@@](C)(CC(C)C)C(=O)N[C@@H](CC(C)C)C(=O)N[C@@H](CC(N)=O)C(=O)N[C@@H](CC2CCCN(C)C2)C(=O)N(C)CC(N)=O)CC1. The first-order valence-electron chi connectivity index (χ1n) is 48.3. The average molecular weight is 1940 g/mol. The van der Waals surface area contributed by atoms with E-state index in [1.54, 1.807) is 48.7 Å². The molecule has 3 saturated carbocycles. The molecule has 135 heavy (non-hydrogen) atoms. The van der Waals surface area contributed by atoms with Gasteiger partial charge in [0.15, 0.2) is 0 Å². The van der Waals surface area contributed by atoms with E-state index >= 15 is 24.0 Å². The molecule has 41 nitrogen and oxygen atoms in total. The lowest BCUT2D eigenvalue weighted by Crippen LogP contribution is -2.65.